The molecule has 0 N–H and O–H groups in total. The molecule has 612 valence electrons. The van der Waals surface area contributed by atoms with Crippen LogP contribution in [0.3, 0.4) is 0 Å². The molecule has 0 rings (SSSR count). The van der Waals surface area contributed by atoms with E-state index in [1.54, 1.807) is 0 Å². The van der Waals surface area contributed by atoms with Gasteiger partial charge in [-0.15, -0.1) is 0 Å². The molecule has 0 aliphatic heterocycles. The largest absolute Gasteiger partial charge is 1.20 e. The molecule has 0 aromatic rings. The van der Waals surface area contributed by atoms with E-state index in [-0.39, 0.29) is 0 Å². The third kappa shape index (κ3) is 83.0. The molecule has 0 aromatic carbocycles. The summed E-state index contributed by atoms with van der Waals surface area (Å²) in [4.78, 5) is 0. The molecule has 0 saturated carbocycles. The van der Waals surface area contributed by atoms with Crippen LogP contribution in [0, 0.1) is 17.8 Å². The SMILES string of the molecule is CCCCCCCCCCCCCCCCCCCCCCCCCCCC(CC)CC(=S)[O][Al]([O]C(=S)CC(CC)CCCCCCCCCCCCCCCCCCCCCCCCCCC)[O]C(=S)CC(CC)CCCCCCCCCCCCCCCCCCCCCCCCCCC. The third-order valence-electron chi connectivity index (χ3n) is 23.9. The van der Waals surface area contributed by atoms with Crippen LogP contribution in [0.4, 0.5) is 0 Å². The molecular weight excluding hydrogens is 1320 g/mol. The van der Waals surface area contributed by atoms with Crippen LogP contribution in [0.15, 0.2) is 0 Å². The van der Waals surface area contributed by atoms with Crippen molar-refractivity contribution in [3.05, 3.63) is 0 Å². The van der Waals surface area contributed by atoms with Crippen molar-refractivity contribution in [2.45, 2.75) is 581 Å². The van der Waals surface area contributed by atoms with Gasteiger partial charge in [0.1, 0.15) is 15.2 Å². The first-order valence-electron chi connectivity index (χ1n) is 48.4. The van der Waals surface area contributed by atoms with Gasteiger partial charge in [-0.1, -0.05) is 542 Å². The van der Waals surface area contributed by atoms with Crippen LogP contribution >= 0.6 is 36.7 Å². The molecule has 0 aliphatic rings. The minimum absolute atomic E-state index is 0.524. The lowest BCUT2D eigenvalue weighted by molar-refractivity contribution is 0.278. The number of unbranched alkanes of at least 4 members (excludes halogenated alkanes) is 72. The molecule has 0 saturated heterocycles. The highest BCUT2D eigenvalue weighted by Gasteiger charge is 2.46. The quantitative estimate of drug-likeness (QED) is 0.0342. The zero-order chi connectivity index (χ0) is 74.6. The fraction of sp³-hybridized carbons (Fsp3) is 0.969. The van der Waals surface area contributed by atoms with Gasteiger partial charge in [0.2, 0.25) is 0 Å². The highest BCUT2D eigenvalue weighted by atomic mass is 32.1. The maximum atomic E-state index is 6.60. The topological polar surface area (TPSA) is 27.7 Å². The summed E-state index contributed by atoms with van der Waals surface area (Å²) >= 11 is 15.4. The van der Waals surface area contributed by atoms with Crippen LogP contribution in [0.5, 0.6) is 0 Å². The predicted octanol–water partition coefficient (Wildman–Crippen LogP) is 36.7. The first kappa shape index (κ1) is 103. The summed E-state index contributed by atoms with van der Waals surface area (Å²) in [6.45, 7) is 13.9. The molecule has 0 aromatic heterocycles. The normalized spacial score (nSPS) is 12.5. The van der Waals surface area contributed by atoms with E-state index in [0.29, 0.717) is 32.9 Å². The average Bonchev–Trinajstić information content (AvgIpc) is 0.973. The summed E-state index contributed by atoms with van der Waals surface area (Å²) < 4.78 is 19.8. The van der Waals surface area contributed by atoms with Gasteiger partial charge < -0.3 is 11.4 Å². The second-order valence-electron chi connectivity index (χ2n) is 34.0. The number of thiocarbonyl (C=S) groups is 3. The molecule has 7 heteroatoms. The van der Waals surface area contributed by atoms with Gasteiger partial charge in [-0.3, -0.25) is 0 Å². The van der Waals surface area contributed by atoms with Gasteiger partial charge in [0.25, 0.3) is 0 Å². The monoisotopic (exact) mass is 1510 g/mol. The van der Waals surface area contributed by atoms with E-state index < -0.39 is 15.1 Å². The van der Waals surface area contributed by atoms with Crippen molar-refractivity contribution in [1.29, 1.82) is 0 Å². The Bertz CT molecular complexity index is 1460. The molecule has 3 atom stereocenters. The smallest absolute Gasteiger partial charge is 0.572 e. The molecule has 0 bridgehead atoms. The zero-order valence-corrected chi connectivity index (χ0v) is 75.3. The molecule has 0 fully saturated rings. The van der Waals surface area contributed by atoms with Crippen LogP contribution in [0.25, 0.3) is 0 Å². The molecular formula is C96H189AlO3S3. The van der Waals surface area contributed by atoms with Crippen molar-refractivity contribution in [3.63, 3.8) is 0 Å². The molecule has 3 nitrogen and oxygen atoms in total. The fourth-order valence-corrected chi connectivity index (χ4v) is 18.8. The summed E-state index contributed by atoms with van der Waals surface area (Å²) in [6.07, 6.45) is 117. The maximum Gasteiger partial charge on any atom is 1.20 e. The van der Waals surface area contributed by atoms with Crippen LogP contribution in [0.2, 0.25) is 0 Å². The predicted molar refractivity (Wildman–Crippen MR) is 479 cm³/mol. The van der Waals surface area contributed by atoms with Crippen molar-refractivity contribution < 1.29 is 11.4 Å². The van der Waals surface area contributed by atoms with Crippen molar-refractivity contribution in [2.75, 3.05) is 0 Å². The second kappa shape index (κ2) is 89.4. The van der Waals surface area contributed by atoms with Gasteiger partial charge in [-0.05, 0) is 73.7 Å². The Kier molecular flexibility index (Phi) is 89.6. The highest BCUT2D eigenvalue weighted by molar-refractivity contribution is 7.80. The van der Waals surface area contributed by atoms with Crippen molar-refractivity contribution >= 4 is 67.0 Å². The Labute approximate surface area is 672 Å². The minimum atomic E-state index is -2.77. The van der Waals surface area contributed by atoms with E-state index in [9.17, 15) is 0 Å². The lowest BCUT2D eigenvalue weighted by atomic mass is 9.95. The van der Waals surface area contributed by atoms with Gasteiger partial charge in [0.05, 0.1) is 0 Å². The fourth-order valence-electron chi connectivity index (χ4n) is 16.3. The summed E-state index contributed by atoms with van der Waals surface area (Å²) in [5.74, 6) is 1.57. The van der Waals surface area contributed by atoms with Crippen LogP contribution in [-0.4, -0.2) is 30.3 Å². The summed E-state index contributed by atoms with van der Waals surface area (Å²) in [6, 6.07) is 0. The minimum Gasteiger partial charge on any atom is -0.572 e. The van der Waals surface area contributed by atoms with Gasteiger partial charge in [-0.2, -0.15) is 0 Å². The lowest BCUT2D eigenvalue weighted by Gasteiger charge is -2.23. The van der Waals surface area contributed by atoms with Crippen LogP contribution in [-0.2, 0) is 11.4 Å². The molecule has 0 amide bonds. The summed E-state index contributed by atoms with van der Waals surface area (Å²) in [7, 11) is 0. The van der Waals surface area contributed by atoms with E-state index in [0.717, 1.165) is 38.5 Å². The van der Waals surface area contributed by atoms with Gasteiger partial charge in [0.15, 0.2) is 0 Å². The van der Waals surface area contributed by atoms with E-state index >= 15 is 0 Å². The van der Waals surface area contributed by atoms with Crippen LogP contribution in [0.1, 0.15) is 581 Å². The van der Waals surface area contributed by atoms with E-state index in [1.165, 1.54) is 501 Å². The molecule has 0 radical (unpaired) electrons. The molecule has 0 heterocycles. The van der Waals surface area contributed by atoms with Crippen LogP contribution < -0.4 is 0 Å². The number of rotatable bonds is 90. The first-order chi connectivity index (χ1) is 50.8. The summed E-state index contributed by atoms with van der Waals surface area (Å²) in [5, 5.41) is 1.91. The second-order valence-corrected chi connectivity index (χ2v) is 36.7. The average molecular weight is 1510 g/mol. The highest BCUT2D eigenvalue weighted by Crippen LogP contribution is 2.27. The number of hydrogen-bond acceptors (Lipinski definition) is 6. The number of hydrogen-bond donors (Lipinski definition) is 0. The Balaban J connectivity index is 4.68. The zero-order valence-electron chi connectivity index (χ0n) is 71.7. The molecule has 103 heavy (non-hydrogen) atoms. The Hall–Kier alpha value is 0.202. The Morgan fingerprint density at radius 2 is 0.282 bits per heavy atom. The maximum absolute atomic E-state index is 6.60. The van der Waals surface area contributed by atoms with Crippen molar-refractivity contribution in [1.82, 2.24) is 0 Å². The van der Waals surface area contributed by atoms with Gasteiger partial charge >= 0.3 is 15.1 Å². The molecule has 0 aliphatic carbocycles. The lowest BCUT2D eigenvalue weighted by Crippen LogP contribution is -2.34. The molecule has 3 unspecified atom stereocenters. The first-order valence-corrected chi connectivity index (χ1v) is 51.0. The van der Waals surface area contributed by atoms with Crippen molar-refractivity contribution in [2.24, 2.45) is 17.8 Å². The van der Waals surface area contributed by atoms with E-state index in [2.05, 4.69) is 41.5 Å². The van der Waals surface area contributed by atoms with Crippen molar-refractivity contribution in [3.8, 4) is 0 Å². The third-order valence-corrected chi connectivity index (χ3v) is 26.7. The Morgan fingerprint density at radius 3 is 0.388 bits per heavy atom. The van der Waals surface area contributed by atoms with Gasteiger partial charge in [-0.25, -0.2) is 0 Å². The van der Waals surface area contributed by atoms with Gasteiger partial charge in [0, 0.05) is 19.3 Å². The standard InChI is InChI=1S/3C32H64OS.Al/c3*1-3-5-6-7-8-9-10-11-12-13-14-15-16-17-18-19-20-21-22-23-24-25-26-27-28-29-31(4-2)30-32(33)34;/h3*31H,3-30H2,1-2H3,(H,33,34);/q;;;+3/p-3. The molecule has 0 spiro atoms. The Morgan fingerprint density at radius 1 is 0.175 bits per heavy atom. The van der Waals surface area contributed by atoms with E-state index in [1.807, 2.05) is 0 Å². The summed E-state index contributed by atoms with van der Waals surface area (Å²) in [5.41, 5.74) is 0. The van der Waals surface area contributed by atoms with E-state index in [4.69, 9.17) is 48.0 Å².